The Kier molecular flexibility index (Phi) is 5.72. The third kappa shape index (κ3) is 3.42. The fourth-order valence-corrected chi connectivity index (χ4v) is 6.74. The summed E-state index contributed by atoms with van der Waals surface area (Å²) in [6.07, 6.45) is 3.84. The van der Waals surface area contributed by atoms with Gasteiger partial charge in [-0.05, 0) is 49.1 Å². The van der Waals surface area contributed by atoms with Gasteiger partial charge in [-0.1, -0.05) is 18.2 Å². The van der Waals surface area contributed by atoms with Gasteiger partial charge in [0.25, 0.3) is 0 Å². The number of methoxy groups -OCH3 is 1. The quantitative estimate of drug-likeness (QED) is 0.511. The topological polar surface area (TPSA) is 83.7 Å². The van der Waals surface area contributed by atoms with E-state index in [0.717, 1.165) is 50.0 Å². The Hall–Kier alpha value is -2.38. The van der Waals surface area contributed by atoms with Gasteiger partial charge in [0.15, 0.2) is 0 Å². The molecular formula is C25H33N3O4. The van der Waals surface area contributed by atoms with Gasteiger partial charge < -0.3 is 19.8 Å². The minimum Gasteiger partial charge on any atom is -0.463 e. The van der Waals surface area contributed by atoms with Crippen LogP contribution >= 0.6 is 0 Å². The molecule has 3 fully saturated rings. The number of amides is 1. The van der Waals surface area contributed by atoms with Gasteiger partial charge in [-0.25, -0.2) is 0 Å². The minimum absolute atomic E-state index is 0.102. The van der Waals surface area contributed by atoms with Crippen molar-refractivity contribution in [2.45, 2.75) is 44.1 Å². The van der Waals surface area contributed by atoms with Crippen LogP contribution in [-0.2, 0) is 30.9 Å². The van der Waals surface area contributed by atoms with Crippen molar-refractivity contribution < 1.29 is 19.1 Å². The Labute approximate surface area is 188 Å². The van der Waals surface area contributed by atoms with Crippen molar-refractivity contribution in [3.8, 4) is 0 Å². The van der Waals surface area contributed by atoms with Crippen LogP contribution in [0.15, 0.2) is 24.3 Å². The van der Waals surface area contributed by atoms with E-state index in [0.29, 0.717) is 25.0 Å². The summed E-state index contributed by atoms with van der Waals surface area (Å²) in [6.45, 7) is 4.71. The molecule has 4 heterocycles. The van der Waals surface area contributed by atoms with Crippen LogP contribution < -0.4 is 5.32 Å². The van der Waals surface area contributed by atoms with Crippen LogP contribution in [0.5, 0.6) is 0 Å². The largest absolute Gasteiger partial charge is 0.463 e. The number of ether oxygens (including phenoxy) is 2. The molecule has 1 aromatic heterocycles. The number of rotatable bonds is 7. The molecule has 0 radical (unpaired) electrons. The van der Waals surface area contributed by atoms with Gasteiger partial charge in [0, 0.05) is 56.4 Å². The summed E-state index contributed by atoms with van der Waals surface area (Å²) in [5.74, 6) is 0.582. The number of aromatic amines is 1. The van der Waals surface area contributed by atoms with E-state index >= 15 is 0 Å². The lowest BCUT2D eigenvalue weighted by atomic mass is 9.56. The summed E-state index contributed by atoms with van der Waals surface area (Å²) in [5, 5.41) is 3.94. The van der Waals surface area contributed by atoms with Gasteiger partial charge in [-0.3, -0.25) is 14.5 Å². The number of piperidine rings is 2. The van der Waals surface area contributed by atoms with Crippen LogP contribution in [-0.4, -0.2) is 67.8 Å². The number of hydrogen-bond acceptors (Lipinski definition) is 5. The summed E-state index contributed by atoms with van der Waals surface area (Å²) < 4.78 is 11.3. The number of hydrogen-bond donors (Lipinski definition) is 2. The van der Waals surface area contributed by atoms with Crippen LogP contribution in [0.1, 0.15) is 37.4 Å². The van der Waals surface area contributed by atoms with Gasteiger partial charge in [0.05, 0.1) is 6.54 Å². The second kappa shape index (κ2) is 8.52. The van der Waals surface area contributed by atoms with Crippen LogP contribution in [0, 0.1) is 11.8 Å². The summed E-state index contributed by atoms with van der Waals surface area (Å²) in [6, 6.07) is 8.47. The third-order valence-electron chi connectivity index (χ3n) is 7.76. The maximum Gasteiger partial charge on any atom is 0.319 e. The van der Waals surface area contributed by atoms with Gasteiger partial charge in [-0.2, -0.15) is 0 Å². The first-order chi connectivity index (χ1) is 15.5. The highest BCUT2D eigenvalue weighted by Gasteiger charge is 2.63. The standard InChI is InChI=1S/C25H33N3O4/c1-16(29)26-9-12-32-24(30)25-14-17-13-18(8-11-31-2)23(25)28(15-17)10-7-20-19-5-3-4-6-21(19)27-22(20)25/h3-6,17-18,23,27H,7-15H2,1-2H3,(H,26,29)/t17-,18+,23+,25-/m1/s1. The van der Waals surface area contributed by atoms with Crippen LogP contribution in [0.3, 0.4) is 0 Å². The Balaban J connectivity index is 1.58. The van der Waals surface area contributed by atoms with Crippen molar-refractivity contribution in [3.05, 3.63) is 35.5 Å². The highest BCUT2D eigenvalue weighted by atomic mass is 16.5. The summed E-state index contributed by atoms with van der Waals surface area (Å²) in [7, 11) is 1.75. The SMILES string of the molecule is COCC[C@H]1C[C@H]2CN3CCc4c([nH]c5ccccc45)[C@](C(=O)OCCNC(C)=O)(C2)[C@H]13. The highest BCUT2D eigenvalue weighted by molar-refractivity contribution is 5.91. The van der Waals surface area contributed by atoms with Crippen molar-refractivity contribution in [1.82, 2.24) is 15.2 Å². The molecular weight excluding hydrogens is 406 g/mol. The van der Waals surface area contributed by atoms with E-state index < -0.39 is 5.41 Å². The second-order valence-electron chi connectivity index (χ2n) is 9.65. The van der Waals surface area contributed by atoms with E-state index in [1.807, 2.05) is 6.07 Å². The molecule has 4 bridgehead atoms. The van der Waals surface area contributed by atoms with Crippen molar-refractivity contribution in [2.75, 3.05) is 40.0 Å². The number of nitrogens with zero attached hydrogens (tertiary/aromatic N) is 1. The van der Waals surface area contributed by atoms with E-state index in [1.165, 1.54) is 17.9 Å². The van der Waals surface area contributed by atoms with E-state index in [1.54, 1.807) is 7.11 Å². The van der Waals surface area contributed by atoms with Crippen LogP contribution in [0.4, 0.5) is 0 Å². The molecule has 1 saturated carbocycles. The average molecular weight is 440 g/mol. The van der Waals surface area contributed by atoms with Crippen molar-refractivity contribution in [1.29, 1.82) is 0 Å². The zero-order valence-electron chi connectivity index (χ0n) is 19.0. The molecule has 1 aliphatic carbocycles. The molecule has 4 aliphatic rings. The molecule has 3 aliphatic heterocycles. The number of esters is 1. The molecule has 1 aromatic carbocycles. The molecule has 1 amide bonds. The van der Waals surface area contributed by atoms with Crippen molar-refractivity contribution >= 4 is 22.8 Å². The Morgan fingerprint density at radius 3 is 2.94 bits per heavy atom. The first-order valence-electron chi connectivity index (χ1n) is 11.8. The molecule has 7 heteroatoms. The molecule has 6 rings (SSSR count). The first kappa shape index (κ1) is 21.5. The van der Waals surface area contributed by atoms with Gasteiger partial charge in [0.1, 0.15) is 12.0 Å². The van der Waals surface area contributed by atoms with Gasteiger partial charge in [-0.15, -0.1) is 0 Å². The number of aromatic nitrogens is 1. The average Bonchev–Trinajstić information content (AvgIpc) is 3.13. The molecule has 1 unspecified atom stereocenters. The van der Waals surface area contributed by atoms with Crippen LogP contribution in [0.25, 0.3) is 10.9 Å². The van der Waals surface area contributed by atoms with E-state index in [-0.39, 0.29) is 24.5 Å². The fourth-order valence-electron chi connectivity index (χ4n) is 6.74. The molecule has 2 aromatic rings. The Bertz CT molecular complexity index is 1020. The first-order valence-corrected chi connectivity index (χ1v) is 11.8. The zero-order valence-corrected chi connectivity index (χ0v) is 19.0. The Morgan fingerprint density at radius 1 is 1.28 bits per heavy atom. The van der Waals surface area contributed by atoms with Crippen molar-refractivity contribution in [3.63, 3.8) is 0 Å². The number of carbonyl (C=O) groups is 2. The molecule has 7 nitrogen and oxygen atoms in total. The predicted molar refractivity (Wildman–Crippen MR) is 121 cm³/mol. The number of carbonyl (C=O) groups excluding carboxylic acids is 2. The fraction of sp³-hybridized carbons (Fsp3) is 0.600. The maximum atomic E-state index is 14.0. The summed E-state index contributed by atoms with van der Waals surface area (Å²) in [4.78, 5) is 31.4. The summed E-state index contributed by atoms with van der Waals surface area (Å²) in [5.41, 5.74) is 2.70. The number of fused-ring (bicyclic) bond motifs is 4. The number of nitrogens with one attached hydrogen (secondary N) is 2. The second-order valence-corrected chi connectivity index (χ2v) is 9.65. The third-order valence-corrected chi connectivity index (χ3v) is 7.76. The molecule has 5 atom stereocenters. The normalized spacial score (nSPS) is 30.6. The molecule has 0 spiro atoms. The molecule has 2 N–H and O–H groups in total. The van der Waals surface area contributed by atoms with Gasteiger partial charge >= 0.3 is 5.97 Å². The number of benzene rings is 1. The number of H-pyrrole nitrogens is 1. The predicted octanol–water partition coefficient (Wildman–Crippen LogP) is 2.39. The highest BCUT2D eigenvalue weighted by Crippen LogP contribution is 2.55. The smallest absolute Gasteiger partial charge is 0.319 e. The van der Waals surface area contributed by atoms with E-state index in [9.17, 15) is 9.59 Å². The molecule has 172 valence electrons. The minimum atomic E-state index is -0.708. The molecule has 32 heavy (non-hydrogen) atoms. The monoisotopic (exact) mass is 439 g/mol. The van der Waals surface area contributed by atoms with E-state index in [4.69, 9.17) is 9.47 Å². The molecule has 2 saturated heterocycles. The lowest BCUT2D eigenvalue weighted by Gasteiger charge is -2.58. The number of para-hydroxylation sites is 1. The zero-order chi connectivity index (χ0) is 22.3. The van der Waals surface area contributed by atoms with Gasteiger partial charge in [0.2, 0.25) is 5.91 Å². The van der Waals surface area contributed by atoms with Crippen LogP contribution in [0.2, 0.25) is 0 Å². The summed E-state index contributed by atoms with van der Waals surface area (Å²) >= 11 is 0. The Morgan fingerprint density at radius 2 is 2.12 bits per heavy atom. The lowest BCUT2D eigenvalue weighted by molar-refractivity contribution is -0.166. The maximum absolute atomic E-state index is 14.0. The van der Waals surface area contributed by atoms with Crippen molar-refractivity contribution in [2.24, 2.45) is 11.8 Å². The van der Waals surface area contributed by atoms with E-state index in [2.05, 4.69) is 33.4 Å². The lowest BCUT2D eigenvalue weighted by Crippen LogP contribution is -2.67.